The van der Waals surface area contributed by atoms with Crippen LogP contribution >= 0.6 is 0 Å². The molecule has 8 heteroatoms. The van der Waals surface area contributed by atoms with E-state index in [0.29, 0.717) is 30.6 Å². The topological polar surface area (TPSA) is 85.8 Å². The van der Waals surface area contributed by atoms with Crippen LogP contribution in [0.1, 0.15) is 40.0 Å². The van der Waals surface area contributed by atoms with Gasteiger partial charge in [-0.05, 0) is 43.7 Å². The summed E-state index contributed by atoms with van der Waals surface area (Å²) >= 11 is 0. The zero-order chi connectivity index (χ0) is 23.2. The Kier molecular flexibility index (Phi) is 7.34. The molecule has 3 amide bonds. The number of carbonyl (C=O) groups is 3. The van der Waals surface area contributed by atoms with Crippen molar-refractivity contribution in [1.82, 2.24) is 25.0 Å². The van der Waals surface area contributed by atoms with E-state index in [4.69, 9.17) is 0 Å². The quantitative estimate of drug-likeness (QED) is 0.653. The monoisotopic (exact) mass is 449 g/mol. The predicted molar refractivity (Wildman–Crippen MR) is 126 cm³/mol. The minimum Gasteiger partial charge on any atom is -0.352 e. The van der Waals surface area contributed by atoms with Crippen molar-refractivity contribution in [2.24, 2.45) is 0 Å². The van der Waals surface area contributed by atoms with Crippen molar-refractivity contribution in [3.8, 4) is 11.1 Å². The van der Waals surface area contributed by atoms with Crippen LogP contribution in [-0.2, 0) is 4.79 Å². The molecule has 1 N–H and O–H groups in total. The summed E-state index contributed by atoms with van der Waals surface area (Å²) in [6.45, 7) is 5.27. The molecule has 1 aromatic heterocycles. The summed E-state index contributed by atoms with van der Waals surface area (Å²) < 4.78 is 0. The van der Waals surface area contributed by atoms with Gasteiger partial charge in [-0.1, -0.05) is 12.1 Å². The number of likely N-dealkylation sites (tertiary alicyclic amines) is 1. The van der Waals surface area contributed by atoms with E-state index in [1.54, 1.807) is 12.4 Å². The number of hydrogen-bond donors (Lipinski definition) is 1. The number of piperazine rings is 1. The molecule has 2 saturated heterocycles. The lowest BCUT2D eigenvalue weighted by molar-refractivity contribution is -0.127. The van der Waals surface area contributed by atoms with Crippen LogP contribution in [0.3, 0.4) is 0 Å². The fraction of sp³-hybridized carbons (Fsp3) is 0.440. The Morgan fingerprint density at radius 1 is 0.970 bits per heavy atom. The Labute approximate surface area is 194 Å². The molecule has 2 aliphatic heterocycles. The van der Waals surface area contributed by atoms with Crippen LogP contribution in [0.15, 0.2) is 42.7 Å². The van der Waals surface area contributed by atoms with E-state index in [1.165, 1.54) is 0 Å². The molecule has 2 aliphatic rings. The van der Waals surface area contributed by atoms with Crippen molar-refractivity contribution in [2.45, 2.75) is 19.3 Å². The lowest BCUT2D eigenvalue weighted by Crippen LogP contribution is -2.47. The number of nitrogens with zero attached hydrogens (tertiary/aromatic N) is 4. The maximum Gasteiger partial charge on any atom is 0.253 e. The van der Waals surface area contributed by atoms with Gasteiger partial charge in [0.1, 0.15) is 0 Å². The summed E-state index contributed by atoms with van der Waals surface area (Å²) in [7, 11) is 2.07. The number of pyridine rings is 1. The third kappa shape index (κ3) is 5.76. The first-order valence-corrected chi connectivity index (χ1v) is 11.6. The SMILES string of the molecule is CN1CCN(C(=O)c2ccc(-c3cncc(C(=O)NCCCN4CCCC4=O)c3)cc2)CC1. The third-order valence-corrected chi connectivity index (χ3v) is 6.32. The van der Waals surface area contributed by atoms with E-state index in [1.807, 2.05) is 40.1 Å². The Morgan fingerprint density at radius 3 is 2.42 bits per heavy atom. The number of amides is 3. The molecule has 1 aromatic carbocycles. The number of carbonyl (C=O) groups excluding carboxylic acids is 3. The number of benzene rings is 1. The van der Waals surface area contributed by atoms with Crippen molar-refractivity contribution in [2.75, 3.05) is 52.9 Å². The van der Waals surface area contributed by atoms with Gasteiger partial charge in [0.15, 0.2) is 0 Å². The molecule has 0 atom stereocenters. The van der Waals surface area contributed by atoms with Gasteiger partial charge in [0.05, 0.1) is 5.56 Å². The Morgan fingerprint density at radius 2 is 1.73 bits per heavy atom. The van der Waals surface area contributed by atoms with Gasteiger partial charge in [-0.2, -0.15) is 0 Å². The number of nitrogens with one attached hydrogen (secondary N) is 1. The van der Waals surface area contributed by atoms with E-state index < -0.39 is 0 Å². The lowest BCUT2D eigenvalue weighted by Gasteiger charge is -2.32. The Balaban J connectivity index is 1.32. The standard InChI is InChI=1S/C25H31N5O3/c1-28-12-14-30(15-13-28)25(33)20-7-5-19(6-8-20)21-16-22(18-26-17-21)24(32)27-9-3-11-29-10-2-4-23(29)31/h5-8,16-18H,2-4,9-15H2,1H3,(H,27,32). The fourth-order valence-electron chi connectivity index (χ4n) is 4.23. The number of likely N-dealkylation sites (N-methyl/N-ethyl adjacent to an activating group) is 1. The van der Waals surface area contributed by atoms with E-state index in [0.717, 1.165) is 56.7 Å². The average molecular weight is 450 g/mol. The van der Waals surface area contributed by atoms with E-state index in [-0.39, 0.29) is 17.7 Å². The highest BCUT2D eigenvalue weighted by molar-refractivity contribution is 5.96. The van der Waals surface area contributed by atoms with Gasteiger partial charge in [0.25, 0.3) is 11.8 Å². The summed E-state index contributed by atoms with van der Waals surface area (Å²) in [5.41, 5.74) is 2.88. The number of aromatic nitrogens is 1. The molecular weight excluding hydrogens is 418 g/mol. The number of hydrogen-bond acceptors (Lipinski definition) is 5. The second kappa shape index (κ2) is 10.6. The maximum absolute atomic E-state index is 12.7. The zero-order valence-electron chi connectivity index (χ0n) is 19.1. The van der Waals surface area contributed by atoms with Crippen LogP contribution in [0.4, 0.5) is 0 Å². The Hall–Kier alpha value is -3.26. The van der Waals surface area contributed by atoms with Crippen molar-refractivity contribution in [3.05, 3.63) is 53.9 Å². The summed E-state index contributed by atoms with van der Waals surface area (Å²) in [6, 6.07) is 9.28. The van der Waals surface area contributed by atoms with Crippen molar-refractivity contribution in [3.63, 3.8) is 0 Å². The molecule has 0 radical (unpaired) electrons. The molecule has 8 nitrogen and oxygen atoms in total. The predicted octanol–water partition coefficient (Wildman–Crippen LogP) is 1.88. The second-order valence-corrected chi connectivity index (χ2v) is 8.73. The minimum atomic E-state index is -0.182. The van der Waals surface area contributed by atoms with Crippen LogP contribution in [-0.4, -0.2) is 90.3 Å². The lowest BCUT2D eigenvalue weighted by atomic mass is 10.0. The first kappa shape index (κ1) is 22.9. The molecule has 3 heterocycles. The van der Waals surface area contributed by atoms with Gasteiger partial charge in [-0.25, -0.2) is 0 Å². The minimum absolute atomic E-state index is 0.0523. The second-order valence-electron chi connectivity index (χ2n) is 8.73. The van der Waals surface area contributed by atoms with Crippen molar-refractivity contribution >= 4 is 17.7 Å². The summed E-state index contributed by atoms with van der Waals surface area (Å²) in [5, 5.41) is 2.91. The van der Waals surface area contributed by atoms with Gasteiger partial charge in [-0.15, -0.1) is 0 Å². The van der Waals surface area contributed by atoms with Crippen LogP contribution in [0.2, 0.25) is 0 Å². The average Bonchev–Trinajstić information content (AvgIpc) is 3.26. The molecule has 2 aromatic rings. The maximum atomic E-state index is 12.7. The van der Waals surface area contributed by atoms with Crippen LogP contribution in [0.5, 0.6) is 0 Å². The first-order chi connectivity index (χ1) is 16.0. The van der Waals surface area contributed by atoms with Crippen LogP contribution in [0.25, 0.3) is 11.1 Å². The first-order valence-electron chi connectivity index (χ1n) is 11.6. The molecule has 4 rings (SSSR count). The normalized spacial score (nSPS) is 16.8. The molecule has 0 spiro atoms. The smallest absolute Gasteiger partial charge is 0.253 e. The highest BCUT2D eigenvalue weighted by Crippen LogP contribution is 2.21. The fourth-order valence-corrected chi connectivity index (χ4v) is 4.23. The third-order valence-electron chi connectivity index (χ3n) is 6.32. The van der Waals surface area contributed by atoms with Gasteiger partial charge in [-0.3, -0.25) is 19.4 Å². The van der Waals surface area contributed by atoms with Crippen molar-refractivity contribution < 1.29 is 14.4 Å². The van der Waals surface area contributed by atoms with Gasteiger partial charge in [0.2, 0.25) is 5.91 Å². The van der Waals surface area contributed by atoms with Crippen molar-refractivity contribution in [1.29, 1.82) is 0 Å². The molecule has 33 heavy (non-hydrogen) atoms. The molecule has 174 valence electrons. The van der Waals surface area contributed by atoms with Gasteiger partial charge >= 0.3 is 0 Å². The van der Waals surface area contributed by atoms with E-state index >= 15 is 0 Å². The van der Waals surface area contributed by atoms with Crippen LogP contribution < -0.4 is 5.32 Å². The summed E-state index contributed by atoms with van der Waals surface area (Å²) in [6.07, 6.45) is 5.55. The summed E-state index contributed by atoms with van der Waals surface area (Å²) in [5.74, 6) is 0.0741. The highest BCUT2D eigenvalue weighted by atomic mass is 16.2. The van der Waals surface area contributed by atoms with E-state index in [2.05, 4.69) is 22.2 Å². The molecule has 0 saturated carbocycles. The molecule has 0 bridgehead atoms. The molecule has 0 aliphatic carbocycles. The van der Waals surface area contributed by atoms with Gasteiger partial charge < -0.3 is 20.0 Å². The number of rotatable bonds is 7. The molecule has 0 unspecified atom stereocenters. The van der Waals surface area contributed by atoms with Crippen LogP contribution in [0, 0.1) is 0 Å². The molecular formula is C25H31N5O3. The summed E-state index contributed by atoms with van der Waals surface area (Å²) in [4.78, 5) is 47.1. The Bertz CT molecular complexity index is 999. The van der Waals surface area contributed by atoms with E-state index in [9.17, 15) is 14.4 Å². The largest absolute Gasteiger partial charge is 0.352 e. The molecule has 2 fully saturated rings. The van der Waals surface area contributed by atoms with Gasteiger partial charge in [0, 0.05) is 75.8 Å². The zero-order valence-corrected chi connectivity index (χ0v) is 19.1. The highest BCUT2D eigenvalue weighted by Gasteiger charge is 2.21.